The molecule has 18 nitrogen and oxygen atoms in total. The highest BCUT2D eigenvalue weighted by atomic mass is 35.6. The van der Waals surface area contributed by atoms with Gasteiger partial charge in [0.05, 0.1) is 30.3 Å². The van der Waals surface area contributed by atoms with Crippen LogP contribution in [0.3, 0.4) is 0 Å². The van der Waals surface area contributed by atoms with Gasteiger partial charge in [0.2, 0.25) is 0 Å². The maximum absolute atomic E-state index is 14.7. The number of aliphatic hydroxyl groups is 2. The van der Waals surface area contributed by atoms with E-state index in [4.69, 9.17) is 103 Å². The molecule has 384 valence electrons. The van der Waals surface area contributed by atoms with Crippen molar-refractivity contribution in [2.24, 2.45) is 23.2 Å². The summed E-state index contributed by atoms with van der Waals surface area (Å²) in [5.74, 6) is -7.80. The number of carbonyl (C=O) groups excluding carboxylic acids is 6. The number of amides is 4. The Kier molecular flexibility index (Phi) is 20.6. The number of aliphatic hydroxyl groups excluding tert-OH is 2. The SMILES string of the molecule is CC[C@H]1OC(=O)[C@H](C)[C@@H](O[C@H]2CC(C)(C)[C@@H](O)[C@H](C)O2)[C@H](C)[C@@H](O[C@@H]2O[C@H](C)C[C@H](N(C)C)[C@H]2O)[C@](C)(OC(=O)NC(=O)C(Cl)(Cl)Cl)C[C@@H](C)C(=O)/C(C)=C/[C@]1(C)OC(=O)NC(=O)C(Cl)(Cl)Cl. The molecular formula is C43H65Cl6N3O15. The van der Waals surface area contributed by atoms with Gasteiger partial charge in [-0.2, -0.15) is 0 Å². The molecule has 0 spiro atoms. The lowest BCUT2D eigenvalue weighted by Gasteiger charge is -2.49. The summed E-state index contributed by atoms with van der Waals surface area (Å²) in [6, 6.07) is -0.495. The van der Waals surface area contributed by atoms with Crippen LogP contribution >= 0.6 is 69.6 Å². The van der Waals surface area contributed by atoms with E-state index in [1.165, 1.54) is 40.7 Å². The third kappa shape index (κ3) is 15.4. The molecule has 0 aromatic carbocycles. The number of cyclic esters (lactones) is 1. The molecule has 0 aromatic rings. The van der Waals surface area contributed by atoms with Crippen LogP contribution in [0.1, 0.15) is 102 Å². The summed E-state index contributed by atoms with van der Waals surface area (Å²) >= 11 is 34.4. The predicted molar refractivity (Wildman–Crippen MR) is 249 cm³/mol. The van der Waals surface area contributed by atoms with Crippen molar-refractivity contribution in [2.75, 3.05) is 14.1 Å². The van der Waals surface area contributed by atoms with Gasteiger partial charge in [-0.1, -0.05) is 104 Å². The van der Waals surface area contributed by atoms with Gasteiger partial charge < -0.3 is 48.3 Å². The highest BCUT2D eigenvalue weighted by Crippen LogP contribution is 2.43. The Morgan fingerprint density at radius 1 is 0.851 bits per heavy atom. The fraction of sp³-hybridized carbons (Fsp3) is 0.814. The van der Waals surface area contributed by atoms with Gasteiger partial charge in [0.15, 0.2) is 24.0 Å². The van der Waals surface area contributed by atoms with Crippen LogP contribution in [0.5, 0.6) is 0 Å². The van der Waals surface area contributed by atoms with Gasteiger partial charge in [0.1, 0.15) is 23.9 Å². The molecule has 0 radical (unpaired) electrons. The van der Waals surface area contributed by atoms with E-state index in [1.807, 2.05) is 24.5 Å². The van der Waals surface area contributed by atoms with Gasteiger partial charge in [0, 0.05) is 24.3 Å². The number of ketones is 1. The van der Waals surface area contributed by atoms with Crippen molar-refractivity contribution in [3.05, 3.63) is 11.6 Å². The number of nitrogens with zero attached hydrogens (tertiary/aromatic N) is 1. The molecule has 15 atom stereocenters. The summed E-state index contributed by atoms with van der Waals surface area (Å²) in [4.78, 5) is 83.5. The number of hydrogen-bond acceptors (Lipinski definition) is 16. The van der Waals surface area contributed by atoms with Gasteiger partial charge in [-0.15, -0.1) is 0 Å². The largest absolute Gasteiger partial charge is 0.457 e. The number of alkyl carbamates (subject to hydrolysis) is 2. The molecule has 0 aromatic heterocycles. The number of alkyl halides is 6. The molecule has 2 saturated heterocycles. The van der Waals surface area contributed by atoms with Gasteiger partial charge in [-0.05, 0) is 92.0 Å². The van der Waals surface area contributed by atoms with Crippen molar-refractivity contribution in [3.63, 3.8) is 0 Å². The fourth-order valence-corrected chi connectivity index (χ4v) is 9.35. The van der Waals surface area contributed by atoms with E-state index in [0.717, 1.165) is 0 Å². The molecule has 0 bridgehead atoms. The van der Waals surface area contributed by atoms with Crippen molar-refractivity contribution < 1.29 is 72.1 Å². The molecule has 3 aliphatic heterocycles. The molecule has 24 heteroatoms. The summed E-state index contributed by atoms with van der Waals surface area (Å²) in [6.07, 6.45) is -11.6. The lowest BCUT2D eigenvalue weighted by Crippen LogP contribution is -2.61. The molecule has 2 fully saturated rings. The average Bonchev–Trinajstić information content (AvgIpc) is 3.18. The molecule has 4 N–H and O–H groups in total. The second kappa shape index (κ2) is 23.2. The van der Waals surface area contributed by atoms with Crippen LogP contribution in [0.25, 0.3) is 0 Å². The number of Topliss-reactive ketones (excluding diaryl/α,β-unsaturated/α-hetero) is 1. The molecule has 3 heterocycles. The second-order valence-corrected chi connectivity index (χ2v) is 23.7. The first kappa shape index (κ1) is 59.5. The molecule has 0 unspecified atom stereocenters. The second-order valence-electron chi connectivity index (χ2n) is 19.1. The summed E-state index contributed by atoms with van der Waals surface area (Å²) in [6.45, 7) is 17.5. The first-order valence-electron chi connectivity index (χ1n) is 21.8. The Labute approximate surface area is 421 Å². The van der Waals surface area contributed by atoms with Crippen molar-refractivity contribution in [1.82, 2.24) is 15.5 Å². The number of nitrogens with one attached hydrogen (secondary N) is 2. The lowest BCUT2D eigenvalue weighted by molar-refractivity contribution is -0.311. The standard InChI is InChI=1S/C43H65Cl6N3O15/c1-14-26-40(10,66-37(59)50-35(57)42(44,45)46)16-19(2)28(53)20(3)17-41(11,67-38(60)51-36(58)43(47,48)49)32(65-34-29(54)25(52(12)13)15-21(4)61-34)22(5)30(23(6)33(56)63-26)64-27-18-39(8,9)31(55)24(7)62-27/h16,20-27,29-32,34,54-55H,14-15,17-18H2,1-13H3,(H,50,57,59)(H,51,58,60)/b19-16+/t20-,21-,22+,23-,24+,25+,26-,27+,29-,30+,31+,32-,34+,40+,41-/m1/s1. The zero-order chi connectivity index (χ0) is 51.5. The minimum Gasteiger partial charge on any atom is -0.457 e. The number of halogens is 6. The van der Waals surface area contributed by atoms with Gasteiger partial charge in [0.25, 0.3) is 19.4 Å². The number of carbonyl (C=O) groups is 6. The number of hydrogen-bond donors (Lipinski definition) is 4. The minimum atomic E-state index is -2.61. The number of rotatable bonds is 8. The van der Waals surface area contributed by atoms with Crippen molar-refractivity contribution in [3.8, 4) is 0 Å². The van der Waals surface area contributed by atoms with Crippen LogP contribution in [0.4, 0.5) is 9.59 Å². The van der Waals surface area contributed by atoms with Crippen molar-refractivity contribution in [1.29, 1.82) is 0 Å². The van der Waals surface area contributed by atoms with Crippen LogP contribution in [-0.2, 0) is 52.3 Å². The van der Waals surface area contributed by atoms with Crippen LogP contribution in [-0.4, -0.2) is 145 Å². The third-order valence-corrected chi connectivity index (χ3v) is 13.6. The minimum absolute atomic E-state index is 0.0215. The van der Waals surface area contributed by atoms with E-state index in [0.29, 0.717) is 6.42 Å². The highest BCUT2D eigenvalue weighted by Gasteiger charge is 2.54. The molecule has 0 saturated carbocycles. The number of imide groups is 2. The Bertz CT molecular complexity index is 1850. The number of allylic oxidation sites excluding steroid dienone is 1. The van der Waals surface area contributed by atoms with Crippen LogP contribution in [0.2, 0.25) is 0 Å². The van der Waals surface area contributed by atoms with Crippen molar-refractivity contribution in [2.45, 2.75) is 182 Å². The third-order valence-electron chi connectivity index (χ3n) is 12.5. The van der Waals surface area contributed by atoms with E-state index in [9.17, 15) is 39.0 Å². The smallest absolute Gasteiger partial charge is 0.414 e. The number of ether oxygens (including phenoxy) is 7. The number of likely N-dealkylation sites (N-methyl/N-ethyl adjacent to an activating group) is 1. The van der Waals surface area contributed by atoms with Gasteiger partial charge in [-0.3, -0.25) is 29.8 Å². The molecule has 67 heavy (non-hydrogen) atoms. The van der Waals surface area contributed by atoms with E-state index in [1.54, 1.807) is 46.7 Å². The van der Waals surface area contributed by atoms with Crippen LogP contribution in [0, 0.1) is 23.2 Å². The van der Waals surface area contributed by atoms with E-state index in [2.05, 4.69) is 0 Å². The fourth-order valence-electron chi connectivity index (χ4n) is 9.07. The Morgan fingerprint density at radius 3 is 1.88 bits per heavy atom. The van der Waals surface area contributed by atoms with Gasteiger partial charge >= 0.3 is 18.2 Å². The summed E-state index contributed by atoms with van der Waals surface area (Å²) in [5, 5.41) is 26.5. The Morgan fingerprint density at radius 2 is 1.39 bits per heavy atom. The van der Waals surface area contributed by atoms with E-state index < -0.39 is 145 Å². The quantitative estimate of drug-likeness (QED) is 0.114. The first-order valence-corrected chi connectivity index (χ1v) is 24.1. The zero-order valence-electron chi connectivity index (χ0n) is 39.8. The van der Waals surface area contributed by atoms with Crippen molar-refractivity contribution >= 4 is 105 Å². The Balaban J connectivity index is 2.40. The summed E-state index contributed by atoms with van der Waals surface area (Å²) in [7, 11) is 3.54. The number of esters is 1. The van der Waals surface area contributed by atoms with Gasteiger partial charge in [-0.25, -0.2) is 9.59 Å². The lowest BCUT2D eigenvalue weighted by atomic mass is 9.75. The zero-order valence-corrected chi connectivity index (χ0v) is 44.4. The topological polar surface area (TPSA) is 235 Å². The molecule has 4 amide bonds. The molecule has 3 aliphatic rings. The first-order chi connectivity index (χ1) is 30.5. The van der Waals surface area contributed by atoms with Crippen LogP contribution < -0.4 is 10.6 Å². The predicted octanol–water partition coefficient (Wildman–Crippen LogP) is 6.62. The molecular weight excluding hydrogens is 1010 g/mol. The Hall–Kier alpha value is -1.78. The maximum atomic E-state index is 14.7. The normalized spacial score (nSPS) is 37.8. The van der Waals surface area contributed by atoms with E-state index in [-0.39, 0.29) is 18.4 Å². The van der Waals surface area contributed by atoms with Crippen LogP contribution in [0.15, 0.2) is 11.6 Å². The maximum Gasteiger partial charge on any atom is 0.414 e. The summed E-state index contributed by atoms with van der Waals surface area (Å²) < 4.78 is 38.7. The summed E-state index contributed by atoms with van der Waals surface area (Å²) in [5.41, 5.74) is -4.84. The monoisotopic (exact) mass is 1070 g/mol. The van der Waals surface area contributed by atoms with E-state index >= 15 is 0 Å². The molecule has 0 aliphatic carbocycles. The average molecular weight is 1080 g/mol. The highest BCUT2D eigenvalue weighted by molar-refractivity contribution is 6.77. The molecule has 3 rings (SSSR count).